The highest BCUT2D eigenvalue weighted by Crippen LogP contribution is 2.22. The highest BCUT2D eigenvalue weighted by molar-refractivity contribution is 7.91. The summed E-state index contributed by atoms with van der Waals surface area (Å²) in [5, 5.41) is 11.9. The van der Waals surface area contributed by atoms with Crippen LogP contribution in [-0.2, 0) is 32.6 Å². The van der Waals surface area contributed by atoms with E-state index in [1.165, 1.54) is 13.0 Å². The van der Waals surface area contributed by atoms with Gasteiger partial charge in [-0.2, -0.15) is 4.72 Å². The van der Waals surface area contributed by atoms with E-state index in [1.54, 1.807) is 36.4 Å². The van der Waals surface area contributed by atoms with Crippen molar-refractivity contribution in [1.29, 1.82) is 0 Å². The Morgan fingerprint density at radius 3 is 2.44 bits per heavy atom. The Kier molecular flexibility index (Phi) is 6.29. The number of thiophene rings is 1. The summed E-state index contributed by atoms with van der Waals surface area (Å²) in [7, 11) is -3.97. The Morgan fingerprint density at radius 1 is 1.16 bits per heavy atom. The summed E-state index contributed by atoms with van der Waals surface area (Å²) < 4.78 is 27.1. The molecule has 0 fully saturated rings. The first-order valence-electron chi connectivity index (χ1n) is 7.40. The van der Waals surface area contributed by atoms with Crippen LogP contribution >= 0.6 is 11.3 Å². The van der Waals surface area contributed by atoms with Crippen molar-refractivity contribution in [3.05, 3.63) is 52.9 Å². The van der Waals surface area contributed by atoms with Crippen LogP contribution < -0.4 is 10.0 Å². The summed E-state index contributed by atoms with van der Waals surface area (Å²) in [5.74, 6) is -1.47. The lowest BCUT2D eigenvalue weighted by Crippen LogP contribution is -2.42. The normalized spacial score (nSPS) is 12.5. The van der Waals surface area contributed by atoms with Crippen LogP contribution in [-0.4, -0.2) is 31.4 Å². The molecule has 0 unspecified atom stereocenters. The molecule has 1 heterocycles. The third kappa shape index (κ3) is 5.66. The Balaban J connectivity index is 2.12. The zero-order valence-corrected chi connectivity index (χ0v) is 15.1. The maximum Gasteiger partial charge on any atom is 0.322 e. The van der Waals surface area contributed by atoms with Crippen molar-refractivity contribution in [2.24, 2.45) is 0 Å². The molecule has 0 saturated heterocycles. The number of carboxylic acid groups (broad SMARTS) is 1. The van der Waals surface area contributed by atoms with E-state index < -0.39 is 22.0 Å². The van der Waals surface area contributed by atoms with E-state index in [-0.39, 0.29) is 23.1 Å². The van der Waals surface area contributed by atoms with Crippen LogP contribution in [0.1, 0.15) is 17.4 Å². The zero-order chi connectivity index (χ0) is 18.4. The molecule has 134 valence electrons. The standard InChI is InChI=1S/C16H18N2O5S2/c1-11(19)17-10-13-7-8-15(24-13)25(22,23)18-14(16(20)21)9-12-5-3-2-4-6-12/h2-8,14,18H,9-10H2,1H3,(H,17,19)(H,20,21)/t14-/m0/s1. The minimum atomic E-state index is -3.97. The SMILES string of the molecule is CC(=O)NCc1ccc(S(=O)(=O)N[C@@H](Cc2ccccc2)C(=O)O)s1. The van der Waals surface area contributed by atoms with Gasteiger partial charge in [-0.15, -0.1) is 11.3 Å². The van der Waals surface area contributed by atoms with Crippen molar-refractivity contribution in [3.8, 4) is 0 Å². The fourth-order valence-electron chi connectivity index (χ4n) is 2.08. The second-order valence-electron chi connectivity index (χ2n) is 5.33. The number of carbonyl (C=O) groups excluding carboxylic acids is 1. The first kappa shape index (κ1) is 19.1. The Labute approximate surface area is 149 Å². The first-order valence-corrected chi connectivity index (χ1v) is 9.70. The van der Waals surface area contributed by atoms with Crippen LogP contribution in [0.15, 0.2) is 46.7 Å². The van der Waals surface area contributed by atoms with Crippen LogP contribution in [0, 0.1) is 0 Å². The Hall–Kier alpha value is -2.23. The summed E-state index contributed by atoms with van der Waals surface area (Å²) in [6.07, 6.45) is 0.0412. The number of aliphatic carboxylic acids is 1. The molecule has 0 aliphatic carbocycles. The van der Waals surface area contributed by atoms with Crippen LogP contribution in [0.3, 0.4) is 0 Å². The van der Waals surface area contributed by atoms with Gasteiger partial charge in [0.2, 0.25) is 5.91 Å². The van der Waals surface area contributed by atoms with E-state index >= 15 is 0 Å². The van der Waals surface area contributed by atoms with Crippen LogP contribution in [0.25, 0.3) is 0 Å². The van der Waals surface area contributed by atoms with E-state index in [1.807, 2.05) is 0 Å². The summed E-state index contributed by atoms with van der Waals surface area (Å²) in [6.45, 7) is 1.59. The van der Waals surface area contributed by atoms with Gasteiger partial charge in [-0.1, -0.05) is 30.3 Å². The van der Waals surface area contributed by atoms with Gasteiger partial charge in [0, 0.05) is 11.8 Å². The largest absolute Gasteiger partial charge is 0.480 e. The van der Waals surface area contributed by atoms with Crippen molar-refractivity contribution < 1.29 is 23.1 Å². The predicted molar refractivity (Wildman–Crippen MR) is 93.7 cm³/mol. The van der Waals surface area contributed by atoms with E-state index in [9.17, 15) is 23.1 Å². The minimum absolute atomic E-state index is 0.00663. The number of sulfonamides is 1. The van der Waals surface area contributed by atoms with Gasteiger partial charge in [0.25, 0.3) is 10.0 Å². The van der Waals surface area contributed by atoms with Crippen molar-refractivity contribution in [2.75, 3.05) is 0 Å². The zero-order valence-electron chi connectivity index (χ0n) is 13.4. The Morgan fingerprint density at radius 2 is 1.84 bits per heavy atom. The average Bonchev–Trinajstić information content (AvgIpc) is 3.03. The molecule has 1 amide bonds. The van der Waals surface area contributed by atoms with Crippen molar-refractivity contribution >= 4 is 33.2 Å². The number of nitrogens with one attached hydrogen (secondary N) is 2. The van der Waals surface area contributed by atoms with E-state index in [0.29, 0.717) is 4.88 Å². The van der Waals surface area contributed by atoms with Gasteiger partial charge < -0.3 is 10.4 Å². The molecule has 0 saturated carbocycles. The lowest BCUT2D eigenvalue weighted by Gasteiger charge is -2.14. The van der Waals surface area contributed by atoms with E-state index in [4.69, 9.17) is 0 Å². The molecule has 0 bridgehead atoms. The number of hydrogen-bond acceptors (Lipinski definition) is 5. The number of benzene rings is 1. The molecule has 0 spiro atoms. The van der Waals surface area contributed by atoms with Crippen LogP contribution in [0.4, 0.5) is 0 Å². The first-order chi connectivity index (χ1) is 11.8. The number of hydrogen-bond donors (Lipinski definition) is 3. The maximum absolute atomic E-state index is 12.4. The average molecular weight is 382 g/mol. The number of rotatable bonds is 8. The molecule has 3 N–H and O–H groups in total. The molecule has 1 atom stereocenters. The highest BCUT2D eigenvalue weighted by Gasteiger charge is 2.26. The molecule has 2 aromatic rings. The van der Waals surface area contributed by atoms with Crippen LogP contribution in [0.5, 0.6) is 0 Å². The molecule has 1 aromatic carbocycles. The molecule has 25 heavy (non-hydrogen) atoms. The van der Waals surface area contributed by atoms with Gasteiger partial charge in [-0.05, 0) is 24.1 Å². The summed E-state index contributed by atoms with van der Waals surface area (Å²) >= 11 is 0.984. The maximum atomic E-state index is 12.4. The van der Waals surface area contributed by atoms with Gasteiger partial charge in [0.15, 0.2) is 0 Å². The van der Waals surface area contributed by atoms with Crippen molar-refractivity contribution in [3.63, 3.8) is 0 Å². The van der Waals surface area contributed by atoms with E-state index in [2.05, 4.69) is 10.0 Å². The molecule has 7 nitrogen and oxygen atoms in total. The van der Waals surface area contributed by atoms with Gasteiger partial charge in [0.05, 0.1) is 6.54 Å². The monoisotopic (exact) mass is 382 g/mol. The fraction of sp³-hybridized carbons (Fsp3) is 0.250. The third-order valence-corrected chi connectivity index (χ3v) is 6.34. The van der Waals surface area contributed by atoms with Crippen molar-refractivity contribution in [1.82, 2.24) is 10.0 Å². The predicted octanol–water partition coefficient (Wildman–Crippen LogP) is 1.36. The molecule has 0 aliphatic heterocycles. The number of amides is 1. The molecular weight excluding hydrogens is 364 g/mol. The van der Waals surface area contributed by atoms with Crippen molar-refractivity contribution in [2.45, 2.75) is 30.1 Å². The number of carbonyl (C=O) groups is 2. The van der Waals surface area contributed by atoms with Gasteiger partial charge in [-0.3, -0.25) is 9.59 Å². The quantitative estimate of drug-likeness (QED) is 0.638. The highest BCUT2D eigenvalue weighted by atomic mass is 32.2. The van der Waals surface area contributed by atoms with Gasteiger partial charge in [-0.25, -0.2) is 8.42 Å². The lowest BCUT2D eigenvalue weighted by molar-refractivity contribution is -0.138. The Bertz CT molecular complexity index is 846. The topological polar surface area (TPSA) is 113 Å². The molecular formula is C16H18N2O5S2. The van der Waals surface area contributed by atoms with Gasteiger partial charge in [0.1, 0.15) is 10.3 Å². The molecule has 0 radical (unpaired) electrons. The molecule has 1 aromatic heterocycles. The third-order valence-electron chi connectivity index (χ3n) is 3.29. The van der Waals surface area contributed by atoms with E-state index in [0.717, 1.165) is 16.9 Å². The summed E-state index contributed by atoms with van der Waals surface area (Å²) in [6, 6.07) is 10.5. The summed E-state index contributed by atoms with van der Waals surface area (Å²) in [5.41, 5.74) is 0.718. The molecule has 9 heteroatoms. The van der Waals surface area contributed by atoms with Gasteiger partial charge >= 0.3 is 5.97 Å². The minimum Gasteiger partial charge on any atom is -0.480 e. The second kappa shape index (κ2) is 8.24. The smallest absolute Gasteiger partial charge is 0.322 e. The molecule has 2 rings (SSSR count). The number of carboxylic acids is 1. The molecule has 0 aliphatic rings. The fourth-order valence-corrected chi connectivity index (χ4v) is 4.59. The summed E-state index contributed by atoms with van der Waals surface area (Å²) in [4.78, 5) is 23.0. The second-order valence-corrected chi connectivity index (χ2v) is 8.44. The lowest BCUT2D eigenvalue weighted by atomic mass is 10.1. The van der Waals surface area contributed by atoms with Crippen LogP contribution in [0.2, 0.25) is 0 Å².